The quantitative estimate of drug-likeness (QED) is 0.617. The van der Waals surface area contributed by atoms with Gasteiger partial charge in [0, 0.05) is 6.92 Å². The number of H-pyrrole nitrogens is 1. The smallest absolute Gasteiger partial charge is 0.396 e. The lowest BCUT2D eigenvalue weighted by molar-refractivity contribution is -0.388. The number of nitrogens with one attached hydrogen (secondary N) is 1. The Morgan fingerprint density at radius 3 is 2.43 bits per heavy atom. The number of nitrogens with two attached hydrogens (primary N) is 1. The standard InChI is InChI=1S/C7H5Cl3N2O2/c1-2(13)14-7-4(9)5(11)3(8)6(10)12-7/h1H3,(H2,11,12)/p+1. The normalized spacial score (nSPS) is 10.0. The first-order valence-corrected chi connectivity index (χ1v) is 4.60. The van der Waals surface area contributed by atoms with Crippen molar-refractivity contribution in [2.45, 2.75) is 6.92 Å². The number of carbonyl (C=O) groups is 1. The molecule has 4 nitrogen and oxygen atoms in total. The van der Waals surface area contributed by atoms with Crippen LogP contribution in [0.15, 0.2) is 0 Å². The van der Waals surface area contributed by atoms with Crippen molar-refractivity contribution in [3.63, 3.8) is 0 Å². The molecule has 0 unspecified atom stereocenters. The van der Waals surface area contributed by atoms with E-state index in [4.69, 9.17) is 45.3 Å². The number of nitrogen functional groups attached to an aromatic ring is 1. The van der Waals surface area contributed by atoms with Gasteiger partial charge in [-0.15, -0.1) is 0 Å². The molecule has 0 saturated heterocycles. The molecular formula is C7H6Cl3N2O2+. The minimum absolute atomic E-state index is 0.0222. The second-order valence-electron chi connectivity index (χ2n) is 2.40. The molecule has 1 aromatic heterocycles. The summed E-state index contributed by atoms with van der Waals surface area (Å²) >= 11 is 17.1. The van der Waals surface area contributed by atoms with Crippen molar-refractivity contribution in [1.82, 2.24) is 0 Å². The number of halogens is 3. The van der Waals surface area contributed by atoms with Gasteiger partial charge in [-0.2, -0.15) is 4.98 Å². The van der Waals surface area contributed by atoms with E-state index >= 15 is 0 Å². The average molecular weight is 256 g/mol. The van der Waals surface area contributed by atoms with Gasteiger partial charge in [-0.3, -0.25) is 4.79 Å². The van der Waals surface area contributed by atoms with Crippen molar-refractivity contribution in [2.24, 2.45) is 0 Å². The fraction of sp³-hybridized carbons (Fsp3) is 0.143. The molecule has 76 valence electrons. The van der Waals surface area contributed by atoms with Crippen LogP contribution >= 0.6 is 34.8 Å². The Balaban J connectivity index is 3.25. The first-order valence-electron chi connectivity index (χ1n) is 3.47. The van der Waals surface area contributed by atoms with Gasteiger partial charge in [-0.25, -0.2) is 0 Å². The van der Waals surface area contributed by atoms with Crippen LogP contribution in [0.1, 0.15) is 6.92 Å². The summed E-state index contributed by atoms with van der Waals surface area (Å²) in [6.07, 6.45) is 0. The van der Waals surface area contributed by atoms with E-state index in [9.17, 15) is 4.79 Å². The Labute approximate surface area is 94.9 Å². The topological polar surface area (TPSA) is 66.5 Å². The molecule has 0 atom stereocenters. The number of ether oxygens (including phenoxy) is 1. The molecule has 1 aromatic rings. The zero-order valence-electron chi connectivity index (χ0n) is 7.03. The van der Waals surface area contributed by atoms with E-state index in [0.29, 0.717) is 0 Å². The predicted molar refractivity (Wildman–Crippen MR) is 53.7 cm³/mol. The van der Waals surface area contributed by atoms with Crippen LogP contribution in [0, 0.1) is 0 Å². The minimum atomic E-state index is -0.541. The van der Waals surface area contributed by atoms with E-state index in [1.165, 1.54) is 6.92 Å². The maximum atomic E-state index is 10.7. The number of hydrogen-bond acceptors (Lipinski definition) is 3. The Hall–Kier alpha value is -0.710. The van der Waals surface area contributed by atoms with Crippen LogP contribution < -0.4 is 15.5 Å². The SMILES string of the molecule is CC(=O)Oc1[nH+]c(Cl)c(Cl)c(N)c1Cl. The number of esters is 1. The average Bonchev–Trinajstić information content (AvgIpc) is 2.10. The Morgan fingerprint density at radius 2 is 1.93 bits per heavy atom. The van der Waals surface area contributed by atoms with Gasteiger partial charge in [0.1, 0.15) is 5.02 Å². The summed E-state index contributed by atoms with van der Waals surface area (Å²) < 4.78 is 4.71. The lowest BCUT2D eigenvalue weighted by atomic mass is 10.4. The number of aromatic nitrogens is 1. The summed E-state index contributed by atoms with van der Waals surface area (Å²) in [4.78, 5) is 13.1. The molecule has 0 fully saturated rings. The monoisotopic (exact) mass is 255 g/mol. The maximum Gasteiger partial charge on any atom is 0.396 e. The van der Waals surface area contributed by atoms with Gasteiger partial charge < -0.3 is 10.5 Å². The highest BCUT2D eigenvalue weighted by atomic mass is 35.5. The first kappa shape index (κ1) is 11.4. The maximum absolute atomic E-state index is 10.7. The van der Waals surface area contributed by atoms with Gasteiger partial charge in [0.2, 0.25) is 0 Å². The zero-order valence-corrected chi connectivity index (χ0v) is 9.30. The van der Waals surface area contributed by atoms with Crippen LogP contribution in [0.2, 0.25) is 15.2 Å². The zero-order chi connectivity index (χ0) is 10.9. The van der Waals surface area contributed by atoms with Crippen molar-refractivity contribution in [3.05, 3.63) is 15.2 Å². The summed E-state index contributed by atoms with van der Waals surface area (Å²) in [6.45, 7) is 1.23. The number of rotatable bonds is 1. The second-order valence-corrected chi connectivity index (χ2v) is 3.54. The van der Waals surface area contributed by atoms with Crippen LogP contribution in [-0.2, 0) is 4.79 Å². The lowest BCUT2D eigenvalue weighted by Gasteiger charge is -2.01. The molecule has 3 N–H and O–H groups in total. The van der Waals surface area contributed by atoms with E-state index in [2.05, 4.69) is 4.98 Å². The summed E-state index contributed by atoms with van der Waals surface area (Å²) in [6, 6.07) is 0. The van der Waals surface area contributed by atoms with Crippen LogP contribution in [0.4, 0.5) is 5.69 Å². The molecule has 0 spiro atoms. The third-order valence-electron chi connectivity index (χ3n) is 1.33. The molecule has 0 radical (unpaired) electrons. The number of hydrogen-bond donors (Lipinski definition) is 1. The Bertz CT molecular complexity index is 395. The molecule has 14 heavy (non-hydrogen) atoms. The predicted octanol–water partition coefficient (Wildman–Crippen LogP) is 1.97. The van der Waals surface area contributed by atoms with Gasteiger partial charge in [-0.1, -0.05) is 23.2 Å². The van der Waals surface area contributed by atoms with Crippen molar-refractivity contribution >= 4 is 46.5 Å². The van der Waals surface area contributed by atoms with E-state index in [1.807, 2.05) is 0 Å². The van der Waals surface area contributed by atoms with Gasteiger partial charge in [0.15, 0.2) is 5.02 Å². The third-order valence-corrected chi connectivity index (χ3v) is 2.48. The summed E-state index contributed by atoms with van der Waals surface area (Å²) in [7, 11) is 0. The molecule has 0 saturated carbocycles. The molecule has 1 heterocycles. The van der Waals surface area contributed by atoms with Crippen molar-refractivity contribution in [3.8, 4) is 5.88 Å². The molecule has 7 heteroatoms. The van der Waals surface area contributed by atoms with E-state index in [0.717, 1.165) is 0 Å². The number of carbonyl (C=O) groups excluding carboxylic acids is 1. The number of aromatic amines is 1. The van der Waals surface area contributed by atoms with Gasteiger partial charge >= 0.3 is 11.8 Å². The van der Waals surface area contributed by atoms with Crippen LogP contribution in [-0.4, -0.2) is 5.97 Å². The summed E-state index contributed by atoms with van der Waals surface area (Å²) in [5.41, 5.74) is 5.56. The number of anilines is 1. The van der Waals surface area contributed by atoms with Crippen LogP contribution in [0.5, 0.6) is 5.88 Å². The second kappa shape index (κ2) is 4.21. The highest BCUT2D eigenvalue weighted by Gasteiger charge is 2.22. The molecule has 0 aliphatic carbocycles. The Kier molecular flexibility index (Phi) is 3.42. The van der Waals surface area contributed by atoms with Crippen molar-refractivity contribution < 1.29 is 14.5 Å². The summed E-state index contributed by atoms with van der Waals surface area (Å²) in [5, 5.41) is 0.173. The van der Waals surface area contributed by atoms with Crippen LogP contribution in [0.3, 0.4) is 0 Å². The van der Waals surface area contributed by atoms with Gasteiger partial charge in [-0.05, 0) is 11.6 Å². The highest BCUT2D eigenvalue weighted by molar-refractivity contribution is 6.44. The molecule has 1 rings (SSSR count). The van der Waals surface area contributed by atoms with Crippen LogP contribution in [0.25, 0.3) is 0 Å². The molecule has 0 aliphatic heterocycles. The van der Waals surface area contributed by atoms with Gasteiger partial charge in [0.05, 0.1) is 5.69 Å². The molecule has 0 aromatic carbocycles. The van der Waals surface area contributed by atoms with E-state index < -0.39 is 5.97 Å². The summed E-state index contributed by atoms with van der Waals surface area (Å²) in [5.74, 6) is -0.563. The molecule has 0 bridgehead atoms. The lowest BCUT2D eigenvalue weighted by Crippen LogP contribution is -2.16. The third kappa shape index (κ3) is 2.20. The fourth-order valence-electron chi connectivity index (χ4n) is 0.760. The van der Waals surface area contributed by atoms with E-state index in [-0.39, 0.29) is 26.8 Å². The first-order chi connectivity index (χ1) is 6.43. The van der Waals surface area contributed by atoms with Crippen molar-refractivity contribution in [1.29, 1.82) is 0 Å². The van der Waals surface area contributed by atoms with Crippen molar-refractivity contribution in [2.75, 3.05) is 5.73 Å². The molecular weight excluding hydrogens is 250 g/mol. The number of pyridine rings is 1. The molecule has 0 aliphatic rings. The highest BCUT2D eigenvalue weighted by Crippen LogP contribution is 2.35. The fourth-order valence-corrected chi connectivity index (χ4v) is 1.32. The largest absolute Gasteiger partial charge is 0.396 e. The Morgan fingerprint density at radius 1 is 1.36 bits per heavy atom. The minimum Gasteiger partial charge on any atom is -0.396 e. The van der Waals surface area contributed by atoms with Gasteiger partial charge in [0.25, 0.3) is 5.15 Å². The molecule has 0 amide bonds. The van der Waals surface area contributed by atoms with E-state index in [1.54, 1.807) is 0 Å².